The highest BCUT2D eigenvalue weighted by Gasteiger charge is 2.22. The number of benzene rings is 1. The van der Waals surface area contributed by atoms with Gasteiger partial charge in [0.25, 0.3) is 0 Å². The summed E-state index contributed by atoms with van der Waals surface area (Å²) in [7, 11) is 0. The highest BCUT2D eigenvalue weighted by molar-refractivity contribution is 7.09. The van der Waals surface area contributed by atoms with Crippen molar-refractivity contribution in [3.8, 4) is 0 Å². The third-order valence-corrected chi connectivity index (χ3v) is 5.38. The van der Waals surface area contributed by atoms with Gasteiger partial charge in [-0.1, -0.05) is 18.2 Å². The van der Waals surface area contributed by atoms with Gasteiger partial charge in [-0.3, -0.25) is 0 Å². The first kappa shape index (κ1) is 16.8. The van der Waals surface area contributed by atoms with E-state index in [9.17, 15) is 4.79 Å². The molecule has 128 valence electrons. The van der Waals surface area contributed by atoms with Crippen molar-refractivity contribution in [2.45, 2.75) is 38.8 Å². The molecule has 2 heterocycles. The molecule has 5 nitrogen and oxygen atoms in total. The van der Waals surface area contributed by atoms with Crippen LogP contribution in [0.1, 0.15) is 36.5 Å². The number of urea groups is 1. The first-order chi connectivity index (χ1) is 11.6. The number of para-hydroxylation sites is 1. The van der Waals surface area contributed by atoms with Crippen molar-refractivity contribution in [2.75, 3.05) is 18.0 Å². The summed E-state index contributed by atoms with van der Waals surface area (Å²) in [5.74, 6) is 0. The monoisotopic (exact) mass is 344 g/mol. The summed E-state index contributed by atoms with van der Waals surface area (Å²) in [5.41, 5.74) is 2.21. The highest BCUT2D eigenvalue weighted by atomic mass is 32.1. The number of rotatable bonds is 4. The lowest BCUT2D eigenvalue weighted by Crippen LogP contribution is -2.50. The van der Waals surface area contributed by atoms with E-state index in [2.05, 4.69) is 44.8 Å². The van der Waals surface area contributed by atoms with Crippen LogP contribution in [0.25, 0.3) is 0 Å². The van der Waals surface area contributed by atoms with Crippen molar-refractivity contribution in [1.82, 2.24) is 15.6 Å². The highest BCUT2D eigenvalue weighted by Crippen LogP contribution is 2.20. The quantitative estimate of drug-likeness (QED) is 0.893. The number of aromatic nitrogens is 1. The van der Waals surface area contributed by atoms with E-state index >= 15 is 0 Å². The summed E-state index contributed by atoms with van der Waals surface area (Å²) in [6, 6.07) is 10.4. The molecule has 1 saturated heterocycles. The average Bonchev–Trinajstić information content (AvgIpc) is 3.02. The number of thiazole rings is 1. The van der Waals surface area contributed by atoms with Crippen LogP contribution in [-0.2, 0) is 0 Å². The molecule has 0 saturated carbocycles. The Morgan fingerprint density at radius 2 is 2.17 bits per heavy atom. The molecule has 2 atom stereocenters. The number of nitrogens with zero attached hydrogens (tertiary/aromatic N) is 2. The molecule has 2 aromatic rings. The molecule has 1 aromatic carbocycles. The fourth-order valence-corrected chi connectivity index (χ4v) is 3.83. The van der Waals surface area contributed by atoms with Crippen LogP contribution < -0.4 is 15.5 Å². The summed E-state index contributed by atoms with van der Waals surface area (Å²) in [4.78, 5) is 19.0. The molecule has 2 amide bonds. The van der Waals surface area contributed by atoms with Crippen LogP contribution in [0.5, 0.6) is 0 Å². The van der Waals surface area contributed by atoms with Crippen molar-refractivity contribution < 1.29 is 4.79 Å². The number of aryl methyl sites for hydroxylation is 1. The van der Waals surface area contributed by atoms with E-state index < -0.39 is 0 Å². The summed E-state index contributed by atoms with van der Waals surface area (Å²) in [6.45, 7) is 5.82. The molecule has 1 aromatic heterocycles. The normalized spacial score (nSPS) is 18.9. The first-order valence-electron chi connectivity index (χ1n) is 8.41. The van der Waals surface area contributed by atoms with Gasteiger partial charge in [0.05, 0.1) is 6.04 Å². The number of nitrogens with one attached hydrogen (secondary N) is 2. The van der Waals surface area contributed by atoms with Crippen molar-refractivity contribution in [2.24, 2.45) is 0 Å². The molecule has 0 radical (unpaired) electrons. The topological polar surface area (TPSA) is 57.3 Å². The van der Waals surface area contributed by atoms with E-state index in [0.717, 1.165) is 36.6 Å². The fourth-order valence-electron chi connectivity index (χ4n) is 3.02. The minimum Gasteiger partial charge on any atom is -0.369 e. The third-order valence-electron chi connectivity index (χ3n) is 4.23. The van der Waals surface area contributed by atoms with Crippen LogP contribution in [0.15, 0.2) is 35.7 Å². The van der Waals surface area contributed by atoms with Gasteiger partial charge in [-0.05, 0) is 38.8 Å². The lowest BCUT2D eigenvalue weighted by atomic mass is 10.1. The van der Waals surface area contributed by atoms with Gasteiger partial charge in [0, 0.05) is 35.9 Å². The van der Waals surface area contributed by atoms with Crippen LogP contribution in [0.2, 0.25) is 0 Å². The molecule has 0 spiro atoms. The zero-order valence-electron chi connectivity index (χ0n) is 14.2. The first-order valence-corrected chi connectivity index (χ1v) is 9.29. The number of hydrogen-bond acceptors (Lipinski definition) is 4. The second-order valence-corrected chi connectivity index (χ2v) is 7.18. The lowest BCUT2D eigenvalue weighted by Gasteiger charge is -2.35. The minimum atomic E-state index is -0.115. The van der Waals surface area contributed by atoms with Crippen LogP contribution in [0.3, 0.4) is 0 Å². The maximum absolute atomic E-state index is 12.3. The fraction of sp³-hybridized carbons (Fsp3) is 0.444. The largest absolute Gasteiger partial charge is 0.369 e. The van der Waals surface area contributed by atoms with E-state index in [4.69, 9.17) is 0 Å². The Labute approximate surface area is 147 Å². The molecule has 6 heteroatoms. The Bertz CT molecular complexity index is 673. The molecule has 1 aliphatic rings. The maximum Gasteiger partial charge on any atom is 0.315 e. The van der Waals surface area contributed by atoms with Gasteiger partial charge in [0.2, 0.25) is 0 Å². The average molecular weight is 344 g/mol. The number of anilines is 1. The van der Waals surface area contributed by atoms with E-state index in [1.54, 1.807) is 11.3 Å². The van der Waals surface area contributed by atoms with Crippen molar-refractivity contribution in [1.29, 1.82) is 0 Å². The van der Waals surface area contributed by atoms with E-state index in [1.807, 2.05) is 25.3 Å². The second kappa shape index (κ2) is 7.66. The molecule has 1 aliphatic heterocycles. The zero-order chi connectivity index (χ0) is 16.9. The molecule has 24 heavy (non-hydrogen) atoms. The number of hydrogen-bond donors (Lipinski definition) is 2. The van der Waals surface area contributed by atoms with Gasteiger partial charge >= 0.3 is 6.03 Å². The van der Waals surface area contributed by atoms with E-state index in [-0.39, 0.29) is 18.1 Å². The van der Waals surface area contributed by atoms with Crippen LogP contribution in [0.4, 0.5) is 10.5 Å². The van der Waals surface area contributed by atoms with Gasteiger partial charge in [0.15, 0.2) is 0 Å². The van der Waals surface area contributed by atoms with Gasteiger partial charge in [-0.25, -0.2) is 9.78 Å². The van der Waals surface area contributed by atoms with E-state index in [0.29, 0.717) is 0 Å². The third kappa shape index (κ3) is 4.26. The van der Waals surface area contributed by atoms with E-state index in [1.165, 1.54) is 5.69 Å². The summed E-state index contributed by atoms with van der Waals surface area (Å²) in [5, 5.41) is 9.05. The lowest BCUT2D eigenvalue weighted by molar-refractivity contribution is 0.232. The van der Waals surface area contributed by atoms with Gasteiger partial charge < -0.3 is 15.5 Å². The Kier molecular flexibility index (Phi) is 5.35. The van der Waals surface area contributed by atoms with Crippen molar-refractivity contribution in [3.63, 3.8) is 0 Å². The molecular weight excluding hydrogens is 320 g/mol. The summed E-state index contributed by atoms with van der Waals surface area (Å²) < 4.78 is 0. The molecule has 1 fully saturated rings. The minimum absolute atomic E-state index is 0.0717. The smallest absolute Gasteiger partial charge is 0.315 e. The molecule has 0 bridgehead atoms. The van der Waals surface area contributed by atoms with Gasteiger partial charge in [-0.15, -0.1) is 11.3 Å². The Balaban J connectivity index is 1.52. The number of piperidine rings is 1. The number of carbonyl (C=O) groups is 1. The standard InChI is InChI=1S/C18H24N4OS/c1-13-12-24-17(19-13)14(2)20-18(23)21-15-7-6-10-22(11-15)16-8-4-3-5-9-16/h3-5,8-9,12,14-15H,6-7,10-11H2,1-2H3,(H2,20,21,23)/t14-,15+/m1/s1. The predicted octanol–water partition coefficient (Wildman–Crippen LogP) is 3.48. The van der Waals surface area contributed by atoms with Crippen LogP contribution in [0, 0.1) is 6.92 Å². The Morgan fingerprint density at radius 1 is 1.38 bits per heavy atom. The molecule has 0 unspecified atom stereocenters. The molecule has 3 rings (SSSR count). The SMILES string of the molecule is Cc1csc([C@@H](C)NC(=O)N[C@H]2CCCN(c3ccccc3)C2)n1. The molecule has 0 aliphatic carbocycles. The predicted molar refractivity (Wildman–Crippen MR) is 98.6 cm³/mol. The zero-order valence-corrected chi connectivity index (χ0v) is 15.0. The molecule has 2 N–H and O–H groups in total. The Hall–Kier alpha value is -2.08. The molecular formula is C18H24N4OS. The second-order valence-electron chi connectivity index (χ2n) is 6.29. The summed E-state index contributed by atoms with van der Waals surface area (Å²) >= 11 is 1.58. The Morgan fingerprint density at radius 3 is 2.88 bits per heavy atom. The number of amides is 2. The van der Waals surface area contributed by atoms with Crippen LogP contribution in [-0.4, -0.2) is 30.1 Å². The van der Waals surface area contributed by atoms with Crippen molar-refractivity contribution >= 4 is 23.1 Å². The van der Waals surface area contributed by atoms with Gasteiger partial charge in [0.1, 0.15) is 5.01 Å². The van der Waals surface area contributed by atoms with Gasteiger partial charge in [-0.2, -0.15) is 0 Å². The number of carbonyl (C=O) groups excluding carboxylic acids is 1. The van der Waals surface area contributed by atoms with Crippen LogP contribution >= 0.6 is 11.3 Å². The van der Waals surface area contributed by atoms with Crippen molar-refractivity contribution in [3.05, 3.63) is 46.4 Å². The maximum atomic E-state index is 12.3. The summed E-state index contributed by atoms with van der Waals surface area (Å²) in [6.07, 6.45) is 2.10.